The minimum Gasteiger partial charge on any atom is -0.493 e. The second-order valence-corrected chi connectivity index (χ2v) is 7.11. The molecule has 0 fully saturated rings. The Morgan fingerprint density at radius 3 is 2.47 bits per heavy atom. The summed E-state index contributed by atoms with van der Waals surface area (Å²) in [6.07, 6.45) is 1.34. The molecule has 0 aliphatic heterocycles. The van der Waals surface area contributed by atoms with Crippen LogP contribution in [0.5, 0.6) is 11.5 Å². The summed E-state index contributed by atoms with van der Waals surface area (Å²) < 4.78 is 10.5. The second-order valence-electron chi connectivity index (χ2n) is 6.67. The Labute approximate surface area is 179 Å². The number of benzene rings is 2. The Bertz CT molecular complexity index is 1100. The summed E-state index contributed by atoms with van der Waals surface area (Å²) in [5.41, 5.74) is 1.51. The Hall–Kier alpha value is -3.32. The van der Waals surface area contributed by atoms with Gasteiger partial charge in [-0.3, -0.25) is 9.59 Å². The first-order valence-corrected chi connectivity index (χ1v) is 9.64. The van der Waals surface area contributed by atoms with Gasteiger partial charge in [0.2, 0.25) is 5.91 Å². The highest BCUT2D eigenvalue weighted by molar-refractivity contribution is 6.30. The quantitative estimate of drug-likeness (QED) is 0.601. The number of hydrogen-bond donors (Lipinski definition) is 2. The number of carbonyl (C=O) groups is 1. The van der Waals surface area contributed by atoms with Gasteiger partial charge in [0, 0.05) is 22.3 Å². The molecule has 0 aliphatic carbocycles. The van der Waals surface area contributed by atoms with Crippen molar-refractivity contribution in [2.45, 2.75) is 19.4 Å². The van der Waals surface area contributed by atoms with Crippen LogP contribution in [0.2, 0.25) is 5.02 Å². The van der Waals surface area contributed by atoms with E-state index in [1.807, 2.05) is 13.0 Å². The summed E-state index contributed by atoms with van der Waals surface area (Å²) in [6.45, 7) is 1.85. The van der Waals surface area contributed by atoms with Crippen molar-refractivity contribution < 1.29 is 14.3 Å². The average molecular weight is 428 g/mol. The molecule has 1 amide bonds. The topological polar surface area (TPSA) is 93.3 Å². The fourth-order valence-electron chi connectivity index (χ4n) is 2.97. The molecule has 0 aliphatic rings. The van der Waals surface area contributed by atoms with E-state index < -0.39 is 0 Å². The van der Waals surface area contributed by atoms with E-state index in [1.54, 1.807) is 50.6 Å². The number of amides is 1. The van der Waals surface area contributed by atoms with Crippen LogP contribution in [0.3, 0.4) is 0 Å². The molecule has 0 radical (unpaired) electrons. The van der Waals surface area contributed by atoms with Crippen molar-refractivity contribution in [3.63, 3.8) is 0 Å². The van der Waals surface area contributed by atoms with E-state index in [9.17, 15) is 9.59 Å². The van der Waals surface area contributed by atoms with Crippen LogP contribution in [0, 0.1) is 0 Å². The van der Waals surface area contributed by atoms with Gasteiger partial charge >= 0.3 is 0 Å². The van der Waals surface area contributed by atoms with Gasteiger partial charge in [0.25, 0.3) is 5.56 Å². The van der Waals surface area contributed by atoms with Gasteiger partial charge in [-0.2, -0.15) is 0 Å². The molecular formula is C22H22ClN3O4. The molecule has 30 heavy (non-hydrogen) atoms. The first-order chi connectivity index (χ1) is 14.4. The van der Waals surface area contributed by atoms with Crippen molar-refractivity contribution in [2.75, 3.05) is 14.2 Å². The Kier molecular flexibility index (Phi) is 6.74. The van der Waals surface area contributed by atoms with Crippen LogP contribution < -0.4 is 20.3 Å². The summed E-state index contributed by atoms with van der Waals surface area (Å²) >= 11 is 5.88. The van der Waals surface area contributed by atoms with Gasteiger partial charge < -0.3 is 19.8 Å². The Morgan fingerprint density at radius 2 is 1.83 bits per heavy atom. The lowest BCUT2D eigenvalue weighted by molar-refractivity contribution is -0.121. The summed E-state index contributed by atoms with van der Waals surface area (Å²) in [5.74, 6) is 1.32. The van der Waals surface area contributed by atoms with Gasteiger partial charge in [-0.15, -0.1) is 0 Å². The molecule has 8 heteroatoms. The third kappa shape index (κ3) is 4.99. The van der Waals surface area contributed by atoms with Crippen molar-refractivity contribution in [1.29, 1.82) is 0 Å². The molecular weight excluding hydrogens is 406 g/mol. The van der Waals surface area contributed by atoms with E-state index in [0.717, 1.165) is 11.1 Å². The highest BCUT2D eigenvalue weighted by atomic mass is 35.5. The lowest BCUT2D eigenvalue weighted by Crippen LogP contribution is -2.30. The number of aromatic nitrogens is 2. The van der Waals surface area contributed by atoms with Crippen LogP contribution in [0.4, 0.5) is 0 Å². The number of H-pyrrole nitrogens is 1. The number of aromatic amines is 1. The van der Waals surface area contributed by atoms with E-state index in [-0.39, 0.29) is 29.5 Å². The molecule has 0 saturated carbocycles. The molecule has 0 spiro atoms. The predicted molar refractivity (Wildman–Crippen MR) is 115 cm³/mol. The van der Waals surface area contributed by atoms with Crippen LogP contribution in [-0.2, 0) is 11.2 Å². The normalized spacial score (nSPS) is 11.6. The minimum absolute atomic E-state index is 0.0825. The standard InChI is InChI=1S/C22H22ClN3O4/c1-13(15-6-9-18(29-2)19(10-15)30-3)25-20(27)11-16-12-24-21(26-22(16)28)14-4-7-17(23)8-5-14/h4-10,12-13H,11H2,1-3H3,(H,25,27)(H,24,26,28)/t13-/m0/s1. The largest absolute Gasteiger partial charge is 0.493 e. The number of halogens is 1. The van der Waals surface area contributed by atoms with E-state index >= 15 is 0 Å². The van der Waals surface area contributed by atoms with E-state index in [4.69, 9.17) is 21.1 Å². The molecule has 0 saturated heterocycles. The number of nitrogens with zero attached hydrogens (tertiary/aromatic N) is 1. The number of ether oxygens (including phenoxy) is 2. The zero-order valence-corrected chi connectivity index (χ0v) is 17.6. The molecule has 3 rings (SSSR count). The van der Waals surface area contributed by atoms with Gasteiger partial charge in [-0.25, -0.2) is 4.98 Å². The number of carbonyl (C=O) groups excluding carboxylic acids is 1. The number of rotatable bonds is 7. The molecule has 2 N–H and O–H groups in total. The third-order valence-corrected chi connectivity index (χ3v) is 4.88. The zero-order chi connectivity index (χ0) is 21.7. The lowest BCUT2D eigenvalue weighted by Gasteiger charge is -2.16. The molecule has 1 atom stereocenters. The fourth-order valence-corrected chi connectivity index (χ4v) is 3.10. The zero-order valence-electron chi connectivity index (χ0n) is 16.9. The number of methoxy groups -OCH3 is 2. The Morgan fingerprint density at radius 1 is 1.13 bits per heavy atom. The highest BCUT2D eigenvalue weighted by Gasteiger charge is 2.15. The molecule has 0 unspecified atom stereocenters. The van der Waals surface area contributed by atoms with E-state index in [1.165, 1.54) is 6.20 Å². The third-order valence-electron chi connectivity index (χ3n) is 4.63. The van der Waals surface area contributed by atoms with Gasteiger partial charge in [0.1, 0.15) is 5.82 Å². The maximum Gasteiger partial charge on any atom is 0.254 e. The average Bonchev–Trinajstić information content (AvgIpc) is 2.75. The SMILES string of the molecule is COc1ccc([C@H](C)NC(=O)Cc2cnc(-c3ccc(Cl)cc3)[nH]c2=O)cc1OC. The lowest BCUT2D eigenvalue weighted by atomic mass is 10.1. The van der Waals surface area contributed by atoms with Crippen LogP contribution in [0.15, 0.2) is 53.5 Å². The van der Waals surface area contributed by atoms with Crippen molar-refractivity contribution in [3.05, 3.63) is 75.2 Å². The van der Waals surface area contributed by atoms with Crippen molar-refractivity contribution in [3.8, 4) is 22.9 Å². The first-order valence-electron chi connectivity index (χ1n) is 9.26. The molecule has 1 heterocycles. The number of hydrogen-bond acceptors (Lipinski definition) is 5. The highest BCUT2D eigenvalue weighted by Crippen LogP contribution is 2.29. The summed E-state index contributed by atoms with van der Waals surface area (Å²) in [5, 5.41) is 3.48. The fraction of sp³-hybridized carbons (Fsp3) is 0.227. The predicted octanol–water partition coefficient (Wildman–Crippen LogP) is 3.53. The molecule has 156 valence electrons. The monoisotopic (exact) mass is 427 g/mol. The van der Waals surface area contributed by atoms with Crippen molar-refractivity contribution in [2.24, 2.45) is 0 Å². The summed E-state index contributed by atoms with van der Waals surface area (Å²) in [6, 6.07) is 12.1. The summed E-state index contributed by atoms with van der Waals surface area (Å²) in [7, 11) is 3.12. The van der Waals surface area contributed by atoms with Gasteiger partial charge in [0.05, 0.1) is 26.7 Å². The molecule has 1 aromatic heterocycles. The van der Waals surface area contributed by atoms with Crippen LogP contribution in [-0.4, -0.2) is 30.1 Å². The molecule has 2 aromatic carbocycles. The molecule has 0 bridgehead atoms. The van der Waals surface area contributed by atoms with Crippen LogP contribution >= 0.6 is 11.6 Å². The first kappa shape index (κ1) is 21.4. The van der Waals surface area contributed by atoms with Crippen molar-refractivity contribution >= 4 is 17.5 Å². The van der Waals surface area contributed by atoms with Gasteiger partial charge in [-0.1, -0.05) is 17.7 Å². The summed E-state index contributed by atoms with van der Waals surface area (Å²) in [4.78, 5) is 31.8. The van der Waals surface area contributed by atoms with Crippen LogP contribution in [0.25, 0.3) is 11.4 Å². The minimum atomic E-state index is -0.358. The number of nitrogens with one attached hydrogen (secondary N) is 2. The maximum absolute atomic E-state index is 12.5. The van der Waals surface area contributed by atoms with Gasteiger partial charge in [0.15, 0.2) is 11.5 Å². The smallest absolute Gasteiger partial charge is 0.254 e. The van der Waals surface area contributed by atoms with Crippen molar-refractivity contribution in [1.82, 2.24) is 15.3 Å². The van der Waals surface area contributed by atoms with Crippen LogP contribution in [0.1, 0.15) is 24.1 Å². The van der Waals surface area contributed by atoms with E-state index in [2.05, 4.69) is 15.3 Å². The Balaban J connectivity index is 1.68. The van der Waals surface area contributed by atoms with Gasteiger partial charge in [-0.05, 0) is 48.9 Å². The second kappa shape index (κ2) is 9.45. The molecule has 7 nitrogen and oxygen atoms in total. The molecule has 3 aromatic rings. The van der Waals surface area contributed by atoms with E-state index in [0.29, 0.717) is 22.3 Å². The maximum atomic E-state index is 12.5.